The highest BCUT2D eigenvalue weighted by Crippen LogP contribution is 2.30. The summed E-state index contributed by atoms with van der Waals surface area (Å²) in [5.41, 5.74) is 5.24. The molecule has 0 heterocycles. The average molecular weight is 410 g/mol. The number of ether oxygens (including phenoxy) is 1. The zero-order valence-corrected chi connectivity index (χ0v) is 16.3. The molecule has 0 aromatic heterocycles. The topological polar surface area (TPSA) is 38.3 Å². The Morgan fingerprint density at radius 3 is 2.46 bits per heavy atom. The van der Waals surface area contributed by atoms with Gasteiger partial charge in [0.25, 0.3) is 5.91 Å². The Hall–Kier alpha value is -2.59. The molecule has 1 amide bonds. The summed E-state index contributed by atoms with van der Waals surface area (Å²) in [6, 6.07) is 21.8. The molecule has 3 nitrogen and oxygen atoms in total. The van der Waals surface area contributed by atoms with Crippen LogP contribution in [0.3, 0.4) is 0 Å². The van der Waals surface area contributed by atoms with Crippen LogP contribution in [-0.4, -0.2) is 12.5 Å². The molecule has 3 rings (SSSR count). The van der Waals surface area contributed by atoms with E-state index in [1.54, 1.807) is 0 Å². The van der Waals surface area contributed by atoms with Crippen LogP contribution in [0.5, 0.6) is 5.75 Å². The second-order valence-electron chi connectivity index (χ2n) is 6.10. The van der Waals surface area contributed by atoms with Gasteiger partial charge in [0.2, 0.25) is 0 Å². The lowest BCUT2D eigenvalue weighted by Gasteiger charge is -2.12. The third-order valence-electron chi connectivity index (χ3n) is 4.28. The second kappa shape index (κ2) is 8.19. The van der Waals surface area contributed by atoms with E-state index in [-0.39, 0.29) is 12.5 Å². The molecule has 3 aromatic carbocycles. The highest BCUT2D eigenvalue weighted by atomic mass is 79.9. The molecule has 4 heteroatoms. The van der Waals surface area contributed by atoms with Crippen molar-refractivity contribution in [2.75, 3.05) is 11.9 Å². The van der Waals surface area contributed by atoms with Crippen LogP contribution in [0.15, 0.2) is 71.2 Å². The lowest BCUT2D eigenvalue weighted by Crippen LogP contribution is -2.20. The van der Waals surface area contributed by atoms with E-state index in [0.717, 1.165) is 32.4 Å². The van der Waals surface area contributed by atoms with Gasteiger partial charge in [0, 0.05) is 5.69 Å². The van der Waals surface area contributed by atoms with Crippen LogP contribution in [0.4, 0.5) is 5.69 Å². The van der Waals surface area contributed by atoms with Crippen LogP contribution in [0.25, 0.3) is 11.1 Å². The molecule has 0 aliphatic heterocycles. The minimum absolute atomic E-state index is 0.0450. The molecule has 0 bridgehead atoms. The van der Waals surface area contributed by atoms with Crippen molar-refractivity contribution in [3.63, 3.8) is 0 Å². The lowest BCUT2D eigenvalue weighted by molar-refractivity contribution is -0.118. The number of halogens is 1. The first-order chi connectivity index (χ1) is 12.5. The van der Waals surface area contributed by atoms with Crippen molar-refractivity contribution in [1.29, 1.82) is 0 Å². The number of anilines is 1. The molecular formula is C22H20BrNO2. The van der Waals surface area contributed by atoms with E-state index < -0.39 is 0 Å². The predicted octanol–water partition coefficient (Wildman–Crippen LogP) is 5.75. The van der Waals surface area contributed by atoms with Crippen molar-refractivity contribution in [2.45, 2.75) is 13.8 Å². The summed E-state index contributed by atoms with van der Waals surface area (Å²) >= 11 is 3.53. The number of rotatable bonds is 5. The third-order valence-corrected chi connectivity index (χ3v) is 4.90. The van der Waals surface area contributed by atoms with Gasteiger partial charge in [-0.05, 0) is 70.2 Å². The summed E-state index contributed by atoms with van der Waals surface area (Å²) in [4.78, 5) is 12.2. The minimum atomic E-state index is -0.183. The first-order valence-corrected chi connectivity index (χ1v) is 9.18. The van der Waals surface area contributed by atoms with Crippen molar-refractivity contribution < 1.29 is 9.53 Å². The Labute approximate surface area is 162 Å². The third kappa shape index (κ3) is 4.33. The van der Waals surface area contributed by atoms with E-state index in [1.165, 1.54) is 0 Å². The fraction of sp³-hybridized carbons (Fsp3) is 0.136. The van der Waals surface area contributed by atoms with Gasteiger partial charge in [-0.1, -0.05) is 48.5 Å². The van der Waals surface area contributed by atoms with E-state index in [9.17, 15) is 4.79 Å². The number of hydrogen-bond donors (Lipinski definition) is 1. The molecule has 0 atom stereocenters. The zero-order valence-electron chi connectivity index (χ0n) is 14.8. The molecule has 1 N–H and O–H groups in total. The van der Waals surface area contributed by atoms with E-state index in [4.69, 9.17) is 4.74 Å². The van der Waals surface area contributed by atoms with Crippen LogP contribution >= 0.6 is 15.9 Å². The number of hydrogen-bond acceptors (Lipinski definition) is 2. The number of carbonyl (C=O) groups excluding carboxylic acids is 1. The average Bonchev–Trinajstić information content (AvgIpc) is 2.65. The second-order valence-corrected chi connectivity index (χ2v) is 6.95. The first kappa shape index (κ1) is 18.2. The van der Waals surface area contributed by atoms with Gasteiger partial charge in [-0.3, -0.25) is 4.79 Å². The largest absolute Gasteiger partial charge is 0.483 e. The maximum Gasteiger partial charge on any atom is 0.262 e. The van der Waals surface area contributed by atoms with Gasteiger partial charge in [-0.25, -0.2) is 0 Å². The molecule has 0 aliphatic rings. The molecule has 132 valence electrons. The Kier molecular flexibility index (Phi) is 5.74. The summed E-state index contributed by atoms with van der Waals surface area (Å²) in [7, 11) is 0. The van der Waals surface area contributed by atoms with Crippen LogP contribution in [-0.2, 0) is 4.79 Å². The van der Waals surface area contributed by atoms with Crippen molar-refractivity contribution in [3.05, 3.63) is 82.3 Å². The van der Waals surface area contributed by atoms with Gasteiger partial charge in [0.1, 0.15) is 5.75 Å². The lowest BCUT2D eigenvalue weighted by atomic mass is 10.1. The van der Waals surface area contributed by atoms with Gasteiger partial charge in [-0.2, -0.15) is 0 Å². The molecular weight excluding hydrogens is 390 g/mol. The maximum absolute atomic E-state index is 12.2. The summed E-state index contributed by atoms with van der Waals surface area (Å²) < 4.78 is 6.49. The quantitative estimate of drug-likeness (QED) is 0.582. The van der Waals surface area contributed by atoms with Crippen molar-refractivity contribution in [3.8, 4) is 16.9 Å². The molecule has 26 heavy (non-hydrogen) atoms. The van der Waals surface area contributed by atoms with Crippen LogP contribution in [0, 0.1) is 13.8 Å². The summed E-state index contributed by atoms with van der Waals surface area (Å²) in [5, 5.41) is 2.90. The van der Waals surface area contributed by atoms with Gasteiger partial charge >= 0.3 is 0 Å². The zero-order chi connectivity index (χ0) is 18.5. The van der Waals surface area contributed by atoms with Gasteiger partial charge in [-0.15, -0.1) is 0 Å². The summed E-state index contributed by atoms with van der Waals surface area (Å²) in [6.07, 6.45) is 0. The first-order valence-electron chi connectivity index (χ1n) is 8.38. The Bertz CT molecular complexity index is 923. The molecule has 0 unspecified atom stereocenters. The fourth-order valence-electron chi connectivity index (χ4n) is 2.64. The normalized spacial score (nSPS) is 10.4. The number of carbonyl (C=O) groups is 1. The Morgan fingerprint density at radius 2 is 1.73 bits per heavy atom. The molecule has 0 spiro atoms. The monoisotopic (exact) mass is 409 g/mol. The molecule has 0 aliphatic carbocycles. The number of nitrogens with one attached hydrogen (secondary N) is 1. The summed E-state index contributed by atoms with van der Waals surface area (Å²) in [5.74, 6) is 0.457. The highest BCUT2D eigenvalue weighted by molar-refractivity contribution is 9.10. The van der Waals surface area contributed by atoms with E-state index in [2.05, 4.69) is 33.4 Å². The van der Waals surface area contributed by atoms with Crippen molar-refractivity contribution in [1.82, 2.24) is 0 Å². The summed E-state index contributed by atoms with van der Waals surface area (Å²) in [6.45, 7) is 3.97. The van der Waals surface area contributed by atoms with Crippen molar-refractivity contribution in [2.24, 2.45) is 0 Å². The predicted molar refractivity (Wildman–Crippen MR) is 110 cm³/mol. The molecule has 3 aromatic rings. The Morgan fingerprint density at radius 1 is 0.962 bits per heavy atom. The minimum Gasteiger partial charge on any atom is -0.483 e. The molecule has 0 saturated carbocycles. The fourth-order valence-corrected chi connectivity index (χ4v) is 3.14. The van der Waals surface area contributed by atoms with Crippen LogP contribution in [0.2, 0.25) is 0 Å². The molecule has 0 saturated heterocycles. The molecule has 0 radical (unpaired) electrons. The maximum atomic E-state index is 12.2. The number of aryl methyl sites for hydroxylation is 1. The van der Waals surface area contributed by atoms with Crippen LogP contribution in [0.1, 0.15) is 11.1 Å². The smallest absolute Gasteiger partial charge is 0.262 e. The highest BCUT2D eigenvalue weighted by Gasteiger charge is 2.09. The van der Waals surface area contributed by atoms with Gasteiger partial charge in [0.05, 0.1) is 4.47 Å². The number of benzene rings is 3. The van der Waals surface area contributed by atoms with Gasteiger partial charge in [0.15, 0.2) is 6.61 Å². The number of amides is 1. The Balaban J connectivity index is 1.64. The van der Waals surface area contributed by atoms with Crippen LogP contribution < -0.4 is 10.1 Å². The van der Waals surface area contributed by atoms with Crippen molar-refractivity contribution >= 4 is 27.5 Å². The van der Waals surface area contributed by atoms with E-state index in [0.29, 0.717) is 5.75 Å². The van der Waals surface area contributed by atoms with Gasteiger partial charge < -0.3 is 10.1 Å². The van der Waals surface area contributed by atoms with E-state index in [1.807, 2.05) is 68.4 Å². The van der Waals surface area contributed by atoms with E-state index >= 15 is 0 Å². The SMILES string of the molecule is Cc1cccc(NC(=O)COc2ccc(-c3ccccc3)cc2Br)c1C. The molecule has 0 fully saturated rings. The standard InChI is InChI=1S/C22H20BrNO2/c1-15-7-6-10-20(16(15)2)24-22(25)14-26-21-12-11-18(13-19(21)23)17-8-4-3-5-9-17/h3-13H,14H2,1-2H3,(H,24,25).